The van der Waals surface area contributed by atoms with Gasteiger partial charge in [0, 0.05) is 5.56 Å². The molecule has 0 fully saturated rings. The predicted octanol–water partition coefficient (Wildman–Crippen LogP) is 4.58. The summed E-state index contributed by atoms with van der Waals surface area (Å²) in [7, 11) is 0. The van der Waals surface area contributed by atoms with Crippen molar-refractivity contribution in [2.24, 2.45) is 0 Å². The van der Waals surface area contributed by atoms with Crippen LogP contribution in [0.5, 0.6) is 0 Å². The van der Waals surface area contributed by atoms with Crippen LogP contribution in [0.2, 0.25) is 0 Å². The molecule has 0 bridgehead atoms. The lowest BCUT2D eigenvalue weighted by Crippen LogP contribution is -2.23. The van der Waals surface area contributed by atoms with E-state index in [9.17, 15) is 4.39 Å². The van der Waals surface area contributed by atoms with Gasteiger partial charge in [-0.2, -0.15) is 0 Å². The van der Waals surface area contributed by atoms with E-state index < -0.39 is 0 Å². The topological polar surface area (TPSA) is 25.2 Å². The van der Waals surface area contributed by atoms with Crippen molar-refractivity contribution >= 4 is 15.9 Å². The zero-order valence-electron chi connectivity index (χ0n) is 11.0. The zero-order valence-corrected chi connectivity index (χ0v) is 12.6. The Bertz CT molecular complexity index is 553. The van der Waals surface area contributed by atoms with Crippen molar-refractivity contribution in [3.05, 3.63) is 57.7 Å². The van der Waals surface area contributed by atoms with Crippen molar-refractivity contribution in [3.63, 3.8) is 0 Å². The molecule has 4 heteroatoms. The van der Waals surface area contributed by atoms with Crippen molar-refractivity contribution in [2.45, 2.75) is 26.3 Å². The third-order valence-corrected chi connectivity index (χ3v) is 3.74. The number of rotatable bonds is 5. The van der Waals surface area contributed by atoms with E-state index in [-0.39, 0.29) is 11.9 Å². The molecule has 0 spiro atoms. The van der Waals surface area contributed by atoms with Crippen LogP contribution >= 0.6 is 15.9 Å². The van der Waals surface area contributed by atoms with Crippen LogP contribution in [0.1, 0.15) is 36.1 Å². The van der Waals surface area contributed by atoms with Crippen LogP contribution < -0.4 is 5.32 Å². The highest BCUT2D eigenvalue weighted by Crippen LogP contribution is 2.31. The molecule has 1 heterocycles. The standard InChI is InChI=1S/C15H17BrFNO/c1-3-7-18-14(13-6-8-19-15(13)16)12-5-4-11(17)9-10(12)2/h4-6,8-9,14,18H,3,7H2,1-2H3. The summed E-state index contributed by atoms with van der Waals surface area (Å²) in [5.41, 5.74) is 3.03. The van der Waals surface area contributed by atoms with Gasteiger partial charge in [0.15, 0.2) is 4.67 Å². The van der Waals surface area contributed by atoms with Gasteiger partial charge >= 0.3 is 0 Å². The highest BCUT2D eigenvalue weighted by molar-refractivity contribution is 9.10. The molecule has 0 aliphatic rings. The summed E-state index contributed by atoms with van der Waals surface area (Å²) in [6.07, 6.45) is 2.69. The van der Waals surface area contributed by atoms with Gasteiger partial charge in [-0.1, -0.05) is 13.0 Å². The lowest BCUT2D eigenvalue weighted by Gasteiger charge is -2.20. The van der Waals surface area contributed by atoms with Gasteiger partial charge in [-0.3, -0.25) is 0 Å². The minimum atomic E-state index is -0.207. The number of furan rings is 1. The Morgan fingerprint density at radius 2 is 2.11 bits per heavy atom. The Labute approximate surface area is 121 Å². The molecule has 1 N–H and O–H groups in total. The third-order valence-electron chi connectivity index (χ3n) is 3.10. The second kappa shape index (κ2) is 6.35. The average molecular weight is 326 g/mol. The molecule has 1 unspecified atom stereocenters. The van der Waals surface area contributed by atoms with Gasteiger partial charge in [0.05, 0.1) is 12.3 Å². The molecule has 0 saturated heterocycles. The van der Waals surface area contributed by atoms with E-state index in [0.29, 0.717) is 4.67 Å². The Morgan fingerprint density at radius 3 is 2.68 bits per heavy atom. The first-order valence-corrected chi connectivity index (χ1v) is 7.15. The summed E-state index contributed by atoms with van der Waals surface area (Å²) in [4.78, 5) is 0. The third kappa shape index (κ3) is 3.25. The highest BCUT2D eigenvalue weighted by Gasteiger charge is 2.20. The number of nitrogens with one attached hydrogen (secondary N) is 1. The predicted molar refractivity (Wildman–Crippen MR) is 77.7 cm³/mol. The molecule has 0 radical (unpaired) electrons. The molecule has 0 saturated carbocycles. The molecule has 0 aliphatic carbocycles. The van der Waals surface area contributed by atoms with Crippen molar-refractivity contribution < 1.29 is 8.81 Å². The van der Waals surface area contributed by atoms with E-state index in [2.05, 4.69) is 28.2 Å². The smallest absolute Gasteiger partial charge is 0.174 e. The number of halogens is 2. The van der Waals surface area contributed by atoms with Gasteiger partial charge < -0.3 is 9.73 Å². The minimum Gasteiger partial charge on any atom is -0.457 e. The summed E-state index contributed by atoms with van der Waals surface area (Å²) in [6.45, 7) is 4.93. The van der Waals surface area contributed by atoms with E-state index in [0.717, 1.165) is 29.7 Å². The fourth-order valence-corrected chi connectivity index (χ4v) is 2.62. The summed E-state index contributed by atoms with van der Waals surface area (Å²) in [5, 5.41) is 3.48. The molecule has 1 aromatic carbocycles. The van der Waals surface area contributed by atoms with Crippen molar-refractivity contribution in [3.8, 4) is 0 Å². The fourth-order valence-electron chi connectivity index (χ4n) is 2.15. The van der Waals surface area contributed by atoms with Gasteiger partial charge in [0.25, 0.3) is 0 Å². The van der Waals surface area contributed by atoms with Gasteiger partial charge in [-0.05, 0) is 65.1 Å². The normalized spacial score (nSPS) is 12.6. The van der Waals surface area contributed by atoms with Crippen molar-refractivity contribution in [2.75, 3.05) is 6.54 Å². The van der Waals surface area contributed by atoms with Crippen LogP contribution in [0.3, 0.4) is 0 Å². The minimum absolute atomic E-state index is 0.00803. The molecule has 1 aromatic heterocycles. The molecule has 1 atom stereocenters. The first-order valence-electron chi connectivity index (χ1n) is 6.35. The van der Waals surface area contributed by atoms with E-state index in [1.165, 1.54) is 6.07 Å². The van der Waals surface area contributed by atoms with E-state index in [1.807, 2.05) is 19.1 Å². The molecule has 0 aliphatic heterocycles. The molecule has 19 heavy (non-hydrogen) atoms. The summed E-state index contributed by atoms with van der Waals surface area (Å²) >= 11 is 3.41. The van der Waals surface area contributed by atoms with E-state index in [1.54, 1.807) is 12.3 Å². The molecule has 102 valence electrons. The lowest BCUT2D eigenvalue weighted by molar-refractivity contribution is 0.523. The first kappa shape index (κ1) is 14.3. The van der Waals surface area contributed by atoms with Crippen molar-refractivity contribution in [1.29, 1.82) is 0 Å². The SMILES string of the molecule is CCCNC(c1ccc(F)cc1C)c1ccoc1Br. The maximum atomic E-state index is 13.2. The van der Waals surface area contributed by atoms with Crippen LogP contribution in [0.15, 0.2) is 39.6 Å². The Hall–Kier alpha value is -1.13. The average Bonchev–Trinajstić information content (AvgIpc) is 2.78. The largest absolute Gasteiger partial charge is 0.457 e. The van der Waals surface area contributed by atoms with Gasteiger partial charge in [0.1, 0.15) is 5.82 Å². The van der Waals surface area contributed by atoms with Crippen LogP contribution in [0.4, 0.5) is 4.39 Å². The quantitative estimate of drug-likeness (QED) is 0.870. The van der Waals surface area contributed by atoms with Crippen molar-refractivity contribution in [1.82, 2.24) is 5.32 Å². The number of hydrogen-bond acceptors (Lipinski definition) is 2. The zero-order chi connectivity index (χ0) is 13.8. The van der Waals surface area contributed by atoms with Gasteiger partial charge in [-0.25, -0.2) is 4.39 Å². The molecule has 0 amide bonds. The summed E-state index contributed by atoms with van der Waals surface area (Å²) < 4.78 is 19.3. The lowest BCUT2D eigenvalue weighted by atomic mass is 9.96. The fraction of sp³-hybridized carbons (Fsp3) is 0.333. The second-order valence-electron chi connectivity index (χ2n) is 4.54. The van der Waals surface area contributed by atoms with E-state index >= 15 is 0 Å². The molecule has 2 rings (SSSR count). The maximum absolute atomic E-state index is 13.2. The maximum Gasteiger partial charge on any atom is 0.174 e. The van der Waals surface area contributed by atoms with Gasteiger partial charge in [-0.15, -0.1) is 0 Å². The first-order chi connectivity index (χ1) is 9.13. The van der Waals surface area contributed by atoms with Gasteiger partial charge in [0.2, 0.25) is 0 Å². The van der Waals surface area contributed by atoms with Crippen LogP contribution in [0.25, 0.3) is 0 Å². The number of hydrogen-bond donors (Lipinski definition) is 1. The molecular weight excluding hydrogens is 309 g/mol. The van der Waals surface area contributed by atoms with Crippen LogP contribution in [0, 0.1) is 12.7 Å². The molecular formula is C15H17BrFNO. The second-order valence-corrected chi connectivity index (χ2v) is 5.26. The Morgan fingerprint density at radius 1 is 1.32 bits per heavy atom. The van der Waals surface area contributed by atoms with E-state index in [4.69, 9.17) is 4.42 Å². The molecule has 2 nitrogen and oxygen atoms in total. The molecule has 2 aromatic rings. The summed E-state index contributed by atoms with van der Waals surface area (Å²) in [6, 6.07) is 6.83. The monoisotopic (exact) mass is 325 g/mol. The summed E-state index contributed by atoms with van der Waals surface area (Å²) in [5.74, 6) is -0.207. The van der Waals surface area contributed by atoms with Crippen LogP contribution in [-0.2, 0) is 0 Å². The van der Waals surface area contributed by atoms with Crippen LogP contribution in [-0.4, -0.2) is 6.54 Å². The Balaban J connectivity index is 2.40. The Kier molecular flexibility index (Phi) is 4.77. The number of aryl methyl sites for hydroxylation is 1. The highest BCUT2D eigenvalue weighted by atomic mass is 79.9. The number of benzene rings is 1.